The second kappa shape index (κ2) is 13.1. The summed E-state index contributed by atoms with van der Waals surface area (Å²) >= 11 is 0. The molecule has 1 unspecified atom stereocenters. The van der Waals surface area contributed by atoms with Crippen molar-refractivity contribution in [2.75, 3.05) is 26.3 Å². The van der Waals surface area contributed by atoms with Gasteiger partial charge in [0.2, 0.25) is 17.2 Å². The number of aliphatic hydroxyl groups excluding tert-OH is 5. The van der Waals surface area contributed by atoms with Crippen LogP contribution in [0, 0.1) is 18.8 Å². The third kappa shape index (κ3) is 6.00. The summed E-state index contributed by atoms with van der Waals surface area (Å²) in [7, 11) is 0. The summed E-state index contributed by atoms with van der Waals surface area (Å²) in [5, 5.41) is 53.0. The SMILES string of the molecule is Cc1cc(=O)c2cc3c(c([NH+]4C=C5C=CN=C5C4)c2o1)O[C@]1(CCC[C@H]([C@H]2CNC(=O)C2)C1)[C@H](OOC[C@H](O)[C@@H](O)[C@H](O)[C@H](O)CO)C3. The van der Waals surface area contributed by atoms with Crippen LogP contribution in [-0.4, -0.2) is 99.6 Å². The number of nitrogens with one attached hydrogen (secondary N) is 2. The lowest BCUT2D eigenvalue weighted by Gasteiger charge is -2.49. The fraction of sp³-hybridized carbons (Fsp3) is 0.559. The summed E-state index contributed by atoms with van der Waals surface area (Å²) in [4.78, 5) is 42.5. The van der Waals surface area contributed by atoms with Crippen molar-refractivity contribution in [2.24, 2.45) is 16.8 Å². The van der Waals surface area contributed by atoms with Crippen molar-refractivity contribution in [3.8, 4) is 5.75 Å². The average Bonchev–Trinajstić information content (AvgIpc) is 3.80. The quantitative estimate of drug-likeness (QED) is 0.124. The number of amides is 1. The van der Waals surface area contributed by atoms with Crippen molar-refractivity contribution in [1.29, 1.82) is 0 Å². The van der Waals surface area contributed by atoms with E-state index in [0.29, 0.717) is 60.5 Å². The second-order valence-corrected chi connectivity index (χ2v) is 13.7. The Labute approximate surface area is 275 Å². The van der Waals surface area contributed by atoms with Gasteiger partial charge in [0.05, 0.1) is 17.6 Å². The highest BCUT2D eigenvalue weighted by Crippen LogP contribution is 2.50. The molecule has 4 aliphatic heterocycles. The van der Waals surface area contributed by atoms with E-state index in [1.165, 1.54) is 6.07 Å². The molecule has 1 aromatic carbocycles. The number of carbonyl (C=O) groups is 1. The van der Waals surface area contributed by atoms with Gasteiger partial charge in [0.15, 0.2) is 11.2 Å². The first-order valence-corrected chi connectivity index (χ1v) is 16.6. The predicted octanol–water partition coefficient (Wildman–Crippen LogP) is -0.764. The van der Waals surface area contributed by atoms with E-state index in [2.05, 4.69) is 16.5 Å². The number of aliphatic hydroxyl groups is 5. The number of benzene rings is 1. The van der Waals surface area contributed by atoms with Crippen LogP contribution in [0.25, 0.3) is 11.0 Å². The number of fused-ring (bicyclic) bond motifs is 3. The van der Waals surface area contributed by atoms with E-state index in [1.54, 1.807) is 19.2 Å². The highest BCUT2D eigenvalue weighted by molar-refractivity contribution is 6.07. The number of hydrogen-bond donors (Lipinski definition) is 7. The minimum absolute atomic E-state index is 0.0269. The van der Waals surface area contributed by atoms with Crippen LogP contribution in [0.1, 0.15) is 43.4 Å². The van der Waals surface area contributed by atoms with Crippen LogP contribution in [0.3, 0.4) is 0 Å². The van der Waals surface area contributed by atoms with Gasteiger partial charge in [0.25, 0.3) is 0 Å². The zero-order valence-corrected chi connectivity index (χ0v) is 26.6. The molecule has 2 fully saturated rings. The van der Waals surface area contributed by atoms with Crippen molar-refractivity contribution >= 4 is 28.3 Å². The average molecular weight is 669 g/mol. The Hall–Kier alpha value is -3.47. The Morgan fingerprint density at radius 1 is 1.12 bits per heavy atom. The molecule has 0 radical (unpaired) electrons. The Kier molecular flexibility index (Phi) is 9.02. The number of nitrogens with zero attached hydrogens (tertiary/aromatic N) is 1. The normalized spacial score (nSPS) is 30.3. The lowest BCUT2D eigenvalue weighted by molar-refractivity contribution is -0.759. The van der Waals surface area contributed by atoms with Gasteiger partial charge in [-0.15, -0.1) is 0 Å². The smallest absolute Gasteiger partial charge is 0.222 e. The fourth-order valence-corrected chi connectivity index (χ4v) is 7.93. The molecule has 1 amide bonds. The summed E-state index contributed by atoms with van der Waals surface area (Å²) in [6.07, 6.45) is 1.75. The number of carbonyl (C=O) groups excluding carboxylic acids is 1. The van der Waals surface area contributed by atoms with Crippen LogP contribution < -0.4 is 20.4 Å². The van der Waals surface area contributed by atoms with Crippen molar-refractivity contribution in [3.63, 3.8) is 0 Å². The maximum absolute atomic E-state index is 13.3. The number of aryl methyl sites for hydroxylation is 1. The Bertz CT molecular complexity index is 1740. The molecule has 7 N–H and O–H groups in total. The Balaban J connectivity index is 1.25. The largest absolute Gasteiger partial charge is 0.478 e. The van der Waals surface area contributed by atoms with Crippen LogP contribution in [0.2, 0.25) is 0 Å². The second-order valence-electron chi connectivity index (χ2n) is 13.7. The molecule has 1 aromatic heterocycles. The standard InChI is InChI=1S/C34H41N3O11/c1-17-7-24(39)22-8-20-9-27(48-45-16-26(41)31(44)30(43)25(40)15-38)34(5-2-3-18(11-34)21-10-28(42)36-12-21)47-32(20)29(33(22)46-17)37-13-19-4-6-35-23(19)14-37/h4,6-8,13,18,21,25-27,30-31,38,40-41,43-44H,2-3,5,9-12,14-16H2,1H3,(H,36,42)/p+1/t18-,21+,25+,26-,27+,30+,31+,34-/m0/s1. The molecule has 258 valence electrons. The van der Waals surface area contributed by atoms with Crippen LogP contribution in [0.5, 0.6) is 5.75 Å². The van der Waals surface area contributed by atoms with Gasteiger partial charge in [0, 0.05) is 37.2 Å². The number of quaternary nitrogens is 1. The van der Waals surface area contributed by atoms with Gasteiger partial charge in [-0.05, 0) is 56.6 Å². The molecule has 0 bridgehead atoms. The van der Waals surface area contributed by atoms with Gasteiger partial charge >= 0.3 is 0 Å². The third-order valence-electron chi connectivity index (χ3n) is 10.5. The van der Waals surface area contributed by atoms with Crippen molar-refractivity contribution in [3.05, 3.63) is 57.7 Å². The lowest BCUT2D eigenvalue weighted by atomic mass is 9.68. The molecule has 9 atom stereocenters. The molecule has 1 saturated heterocycles. The summed E-state index contributed by atoms with van der Waals surface area (Å²) < 4.78 is 13.4. The summed E-state index contributed by atoms with van der Waals surface area (Å²) in [6, 6.07) is 3.23. The number of aliphatic imine (C=N–C) groups is 1. The molecule has 7 rings (SSSR count). The highest BCUT2D eigenvalue weighted by Gasteiger charge is 2.53. The van der Waals surface area contributed by atoms with Crippen molar-refractivity contribution in [2.45, 2.75) is 81.6 Å². The minimum Gasteiger partial charge on any atom is -0.478 e. The number of hydrogen-bond acceptors (Lipinski definition) is 12. The van der Waals surface area contributed by atoms with Crippen molar-refractivity contribution in [1.82, 2.24) is 5.32 Å². The summed E-state index contributed by atoms with van der Waals surface area (Å²) in [5.74, 6) is 1.39. The van der Waals surface area contributed by atoms with E-state index < -0.39 is 49.3 Å². The topological polar surface area (TPSA) is 205 Å². The van der Waals surface area contributed by atoms with E-state index in [4.69, 9.17) is 24.0 Å². The van der Waals surface area contributed by atoms with E-state index in [1.807, 2.05) is 6.08 Å². The fourth-order valence-electron chi connectivity index (χ4n) is 7.93. The maximum atomic E-state index is 13.3. The number of ether oxygens (including phenoxy) is 1. The Morgan fingerprint density at radius 2 is 1.94 bits per heavy atom. The maximum Gasteiger partial charge on any atom is 0.222 e. The van der Waals surface area contributed by atoms with E-state index >= 15 is 0 Å². The first-order valence-electron chi connectivity index (χ1n) is 16.6. The Morgan fingerprint density at radius 3 is 2.69 bits per heavy atom. The van der Waals surface area contributed by atoms with Gasteiger partial charge in [-0.3, -0.25) is 19.5 Å². The van der Waals surface area contributed by atoms with E-state index in [0.717, 1.165) is 34.6 Å². The third-order valence-corrected chi connectivity index (χ3v) is 10.5. The molecule has 1 spiro atoms. The van der Waals surface area contributed by atoms with Gasteiger partial charge in [-0.25, -0.2) is 9.78 Å². The van der Waals surface area contributed by atoms with Crippen molar-refractivity contribution < 1.29 is 54.2 Å². The molecule has 1 saturated carbocycles. The van der Waals surface area contributed by atoms with Crippen LogP contribution in [-0.2, 0) is 21.0 Å². The van der Waals surface area contributed by atoms with E-state index in [9.17, 15) is 30.0 Å². The molecule has 5 heterocycles. The monoisotopic (exact) mass is 668 g/mol. The molecule has 14 heteroatoms. The van der Waals surface area contributed by atoms with Gasteiger partial charge in [-0.1, -0.05) is 0 Å². The first kappa shape index (κ1) is 33.0. The molecule has 5 aliphatic rings. The van der Waals surface area contributed by atoms with Gasteiger partial charge in [-0.2, -0.15) is 0 Å². The lowest BCUT2D eigenvalue weighted by Crippen LogP contribution is -3.01. The summed E-state index contributed by atoms with van der Waals surface area (Å²) in [5.41, 5.74) is 2.69. The highest BCUT2D eigenvalue weighted by atomic mass is 17.2. The molecule has 14 nitrogen and oxygen atoms in total. The van der Waals surface area contributed by atoms with Crippen LogP contribution in [0.15, 0.2) is 50.4 Å². The molecule has 2 aromatic rings. The zero-order chi connectivity index (χ0) is 33.7. The first-order chi connectivity index (χ1) is 23.1. The number of rotatable bonds is 10. The van der Waals surface area contributed by atoms with Gasteiger partial charge < -0.3 is 40.0 Å². The number of allylic oxidation sites excluding steroid dienone is 1. The summed E-state index contributed by atoms with van der Waals surface area (Å²) in [6.45, 7) is 1.52. The molecular weight excluding hydrogens is 626 g/mol. The molecular formula is C34H42N3O11+. The molecule has 48 heavy (non-hydrogen) atoms. The van der Waals surface area contributed by atoms with Crippen LogP contribution in [0.4, 0.5) is 5.69 Å². The predicted molar refractivity (Wildman–Crippen MR) is 169 cm³/mol. The molecule has 1 aliphatic carbocycles. The van der Waals surface area contributed by atoms with E-state index in [-0.39, 0.29) is 29.6 Å². The van der Waals surface area contributed by atoms with Gasteiger partial charge in [0.1, 0.15) is 66.9 Å². The minimum atomic E-state index is -1.81. The van der Waals surface area contributed by atoms with Crippen LogP contribution >= 0.6 is 0 Å². The zero-order valence-electron chi connectivity index (χ0n) is 26.6.